The van der Waals surface area contributed by atoms with Crippen molar-refractivity contribution in [2.24, 2.45) is 5.41 Å². The molecule has 85 heavy (non-hydrogen) atoms. The highest BCUT2D eigenvalue weighted by atomic mass is 16.8. The molecule has 490 valence electrons. The lowest BCUT2D eigenvalue weighted by molar-refractivity contribution is -0.200. The molecule has 6 N–H and O–H groups in total. The van der Waals surface area contributed by atoms with Gasteiger partial charge in [0.2, 0.25) is 0 Å². The van der Waals surface area contributed by atoms with Crippen LogP contribution in [0.2, 0.25) is 0 Å². The number of aliphatic hydroxyl groups is 6. The van der Waals surface area contributed by atoms with Gasteiger partial charge < -0.3 is 106 Å². The Morgan fingerprint density at radius 3 is 1.01 bits per heavy atom. The van der Waals surface area contributed by atoms with Gasteiger partial charge in [-0.05, 0) is 68.2 Å². The van der Waals surface area contributed by atoms with Crippen LogP contribution in [0.15, 0.2) is 0 Å². The second-order valence-electron chi connectivity index (χ2n) is 18.0. The van der Waals surface area contributed by atoms with Crippen molar-refractivity contribution in [3.8, 4) is 0 Å². The molecule has 0 aromatic heterocycles. The minimum atomic E-state index is -2.06. The summed E-state index contributed by atoms with van der Waals surface area (Å²) in [6, 6.07) is 0. The molecule has 0 aliphatic carbocycles. The van der Waals surface area contributed by atoms with Crippen LogP contribution in [0.4, 0.5) is 19.2 Å². The summed E-state index contributed by atoms with van der Waals surface area (Å²) in [7, 11) is 0. The molecule has 34 heteroatoms. The Kier molecular flexibility index (Phi) is 41.4. The third kappa shape index (κ3) is 34.2. The van der Waals surface area contributed by atoms with Crippen LogP contribution in [0.5, 0.6) is 0 Å². The predicted molar refractivity (Wildman–Crippen MR) is 275 cm³/mol. The van der Waals surface area contributed by atoms with Gasteiger partial charge in [-0.15, -0.1) is 0 Å². The van der Waals surface area contributed by atoms with E-state index < -0.39 is 145 Å². The highest BCUT2D eigenvalue weighted by molar-refractivity contribution is 5.87. The fourth-order valence-electron chi connectivity index (χ4n) is 5.14. The van der Waals surface area contributed by atoms with Crippen LogP contribution in [0.3, 0.4) is 0 Å². The third-order valence-electron chi connectivity index (χ3n) is 10.9. The van der Waals surface area contributed by atoms with E-state index in [-0.39, 0.29) is 85.1 Å². The van der Waals surface area contributed by atoms with Gasteiger partial charge >= 0.3 is 72.4 Å². The van der Waals surface area contributed by atoms with Crippen LogP contribution in [0.25, 0.3) is 0 Å². The summed E-state index contributed by atoms with van der Waals surface area (Å²) in [5.41, 5.74) is -2.72. The lowest BCUT2D eigenvalue weighted by atomic mass is 9.88. The monoisotopic (exact) mass is 1240 g/mol. The largest absolute Gasteiger partial charge is 0.509 e. The van der Waals surface area contributed by atoms with E-state index in [0.29, 0.717) is 19.6 Å². The Balaban J connectivity index is 0. The lowest BCUT2D eigenvalue weighted by Crippen LogP contribution is -2.48. The van der Waals surface area contributed by atoms with Gasteiger partial charge in [0.25, 0.3) is 0 Å². The van der Waals surface area contributed by atoms with Gasteiger partial charge in [-0.3, -0.25) is 0 Å². The fourth-order valence-corrected chi connectivity index (χ4v) is 5.14. The Hall–Kier alpha value is -7.40. The van der Waals surface area contributed by atoms with E-state index in [9.17, 15) is 57.5 Å². The van der Waals surface area contributed by atoms with Gasteiger partial charge in [0.1, 0.15) is 13.2 Å². The summed E-state index contributed by atoms with van der Waals surface area (Å²) >= 11 is 0. The Bertz CT molecular complexity index is 1960. The van der Waals surface area contributed by atoms with Crippen molar-refractivity contribution >= 4 is 72.4 Å². The number of cyclic esters (lactones) is 4. The van der Waals surface area contributed by atoms with Crippen molar-refractivity contribution in [3.05, 3.63) is 0 Å². The Morgan fingerprint density at radius 1 is 0.459 bits per heavy atom. The summed E-state index contributed by atoms with van der Waals surface area (Å²) in [4.78, 5) is 143. The number of hydrogen-bond acceptors (Lipinski definition) is 34. The third-order valence-corrected chi connectivity index (χ3v) is 10.9. The van der Waals surface area contributed by atoms with Crippen LogP contribution in [-0.2, 0) is 114 Å². The normalized spacial score (nSPS) is 17.1. The van der Waals surface area contributed by atoms with Crippen LogP contribution < -0.4 is 0 Å². The molecule has 34 nitrogen and oxygen atoms in total. The number of carbonyl (C=O) groups is 12. The molecule has 8 unspecified atom stereocenters. The minimum absolute atomic E-state index is 0.105. The molecule has 8 atom stereocenters. The first-order valence-electron chi connectivity index (χ1n) is 26.5. The fraction of sp³-hybridized carbons (Fsp3) is 0.765. The zero-order chi connectivity index (χ0) is 65.3. The highest BCUT2D eigenvalue weighted by Gasteiger charge is 2.41. The summed E-state index contributed by atoms with van der Waals surface area (Å²) in [5.74, 6) is -8.28. The average molecular weight is 1240 g/mol. The maximum absolute atomic E-state index is 13.2. The van der Waals surface area contributed by atoms with Gasteiger partial charge in [-0.25, -0.2) is 57.5 Å². The van der Waals surface area contributed by atoms with Gasteiger partial charge in [-0.2, -0.15) is 0 Å². The number of ether oxygens (including phenoxy) is 16. The topological polar surface area (TPSA) is 474 Å². The standard InChI is InChI=1S/C35H54O24.C6H8O4.C6H14O3.C4H6O3/c1-8-35(59-31(44)25(7)55-30(43)24(6)58-34(47)50-17-11-14-38,18-51-26(39)20(2)53-28(41)22(4)56-32(45)48-15-9-12-36)19-52-27(40)21(3)54-29(42)23(5)57-33(46)49-16-10-13-37;1-3-5(7)10-4(2)6(8)9-3;1-2-6(3-7,4-8)5-9;5-4-6-2-1-3-7-4/h20-25,36-38H,8-19H2,1-7H3;3-4H,1-2H3;7-9H,2-5H2,1H3;1-3H2. The molecule has 2 aliphatic rings. The average Bonchev–Trinajstić information content (AvgIpc) is 3.60. The van der Waals surface area contributed by atoms with Gasteiger partial charge in [0.05, 0.1) is 52.9 Å². The van der Waals surface area contributed by atoms with E-state index in [1.807, 2.05) is 6.92 Å². The van der Waals surface area contributed by atoms with E-state index in [2.05, 4.69) is 33.2 Å². The number of esters is 8. The highest BCUT2D eigenvalue weighted by Crippen LogP contribution is 2.22. The molecule has 0 saturated carbocycles. The predicted octanol–water partition coefficient (Wildman–Crippen LogP) is 0.0986. The van der Waals surface area contributed by atoms with Crippen molar-refractivity contribution in [2.45, 2.75) is 162 Å². The van der Waals surface area contributed by atoms with Crippen molar-refractivity contribution in [1.82, 2.24) is 0 Å². The number of aliphatic hydroxyl groups excluding tert-OH is 6. The maximum atomic E-state index is 13.2. The van der Waals surface area contributed by atoms with E-state index in [4.69, 9.17) is 73.3 Å². The van der Waals surface area contributed by atoms with Crippen molar-refractivity contribution in [2.75, 3.05) is 85.9 Å². The molecule has 0 amide bonds. The minimum Gasteiger partial charge on any atom is -0.459 e. The van der Waals surface area contributed by atoms with Crippen LogP contribution in [0.1, 0.15) is 108 Å². The van der Waals surface area contributed by atoms with Crippen molar-refractivity contribution in [3.63, 3.8) is 0 Å². The molecular weight excluding hydrogens is 1160 g/mol. The first-order valence-corrected chi connectivity index (χ1v) is 26.5. The molecule has 2 heterocycles. The van der Waals surface area contributed by atoms with Crippen molar-refractivity contribution in [1.29, 1.82) is 0 Å². The zero-order valence-electron chi connectivity index (χ0n) is 49.2. The summed E-state index contributed by atoms with van der Waals surface area (Å²) in [6.45, 7) is 10.2. The van der Waals surface area contributed by atoms with Crippen LogP contribution >= 0.6 is 0 Å². The Morgan fingerprint density at radius 2 is 0.765 bits per heavy atom. The number of hydrogen-bond donors (Lipinski definition) is 6. The molecule has 0 bridgehead atoms. The quantitative estimate of drug-likeness (QED) is 0.0304. The lowest BCUT2D eigenvalue weighted by Gasteiger charge is -2.33. The molecule has 2 fully saturated rings. The maximum Gasteiger partial charge on any atom is 0.509 e. The molecule has 2 rings (SSSR count). The van der Waals surface area contributed by atoms with E-state index >= 15 is 0 Å². The molecule has 0 aromatic carbocycles. The van der Waals surface area contributed by atoms with E-state index in [0.717, 1.165) is 48.0 Å². The molecule has 2 saturated heterocycles. The van der Waals surface area contributed by atoms with E-state index in [1.54, 1.807) is 0 Å². The SMILES string of the molecule is CC1OC(=O)C(C)OC1=O.CCC(CO)(CO)CO.CCC(COC(=O)C(C)OC(=O)C(C)OC(=O)OCCCO)(COC(=O)C(C)OC(=O)C(C)OC(=O)OCCCO)OC(=O)C(C)OC(=O)C(C)OC(=O)OCCCO.O=C1OCCCO1. The van der Waals surface area contributed by atoms with Gasteiger partial charge in [0.15, 0.2) is 54.4 Å². The number of rotatable bonds is 31. The number of carbonyl (C=O) groups excluding carboxylic acids is 12. The second-order valence-corrected chi connectivity index (χ2v) is 18.0. The van der Waals surface area contributed by atoms with Gasteiger partial charge in [0, 0.05) is 50.9 Å². The van der Waals surface area contributed by atoms with Gasteiger partial charge in [-0.1, -0.05) is 13.8 Å². The summed E-state index contributed by atoms with van der Waals surface area (Å²) in [5, 5.41) is 52.3. The summed E-state index contributed by atoms with van der Waals surface area (Å²) in [6.07, 6.45) is -14.0. The molecule has 0 aromatic rings. The second kappa shape index (κ2) is 44.1. The van der Waals surface area contributed by atoms with Crippen molar-refractivity contribution < 1.29 is 164 Å². The zero-order valence-corrected chi connectivity index (χ0v) is 49.2. The molecular formula is C51H82O34. The van der Waals surface area contributed by atoms with Crippen LogP contribution in [0, 0.1) is 5.41 Å². The van der Waals surface area contributed by atoms with Crippen LogP contribution in [-0.4, -0.2) is 243 Å². The molecule has 0 radical (unpaired) electrons. The Labute approximate surface area is 489 Å². The van der Waals surface area contributed by atoms with E-state index in [1.165, 1.54) is 20.8 Å². The first kappa shape index (κ1) is 79.7. The summed E-state index contributed by atoms with van der Waals surface area (Å²) < 4.78 is 77.3. The molecule has 2 aliphatic heterocycles. The molecule has 0 spiro atoms. The first-order chi connectivity index (χ1) is 40.0. The smallest absolute Gasteiger partial charge is 0.459 e.